The number of allylic oxidation sites excluding steroid dienone is 1. The van der Waals surface area contributed by atoms with Crippen molar-refractivity contribution >= 4 is 27.2 Å². The third-order valence-electron chi connectivity index (χ3n) is 5.13. The number of nitrogens with zero attached hydrogens (tertiary/aromatic N) is 1. The van der Waals surface area contributed by atoms with E-state index in [9.17, 15) is 35.2 Å². The molecule has 0 saturated carbocycles. The molecule has 1 atom stereocenters. The Morgan fingerprint density at radius 3 is 2.22 bits per heavy atom. The summed E-state index contributed by atoms with van der Waals surface area (Å²) >= 11 is 0. The second kappa shape index (κ2) is 11.8. The number of benzene rings is 1. The smallest absolute Gasteiger partial charge is 0.346 e. The van der Waals surface area contributed by atoms with Gasteiger partial charge in [0.15, 0.2) is 11.6 Å². The zero-order valence-electron chi connectivity index (χ0n) is 20.3. The molecule has 6 nitrogen and oxygen atoms in total. The van der Waals surface area contributed by atoms with Crippen molar-refractivity contribution in [1.82, 2.24) is 10.3 Å². The van der Waals surface area contributed by atoms with Crippen LogP contribution in [0, 0.1) is 11.6 Å². The largest absolute Gasteiger partial charge is 0.433 e. The topological polar surface area (TPSA) is 88.2 Å². The highest BCUT2D eigenvalue weighted by Crippen LogP contribution is 2.31. The maximum atomic E-state index is 14.3. The Morgan fingerprint density at radius 2 is 1.72 bits per heavy atom. The molecule has 2 aromatic rings. The maximum Gasteiger partial charge on any atom is 0.433 e. The molecule has 36 heavy (non-hydrogen) atoms. The molecule has 1 aromatic carbocycles. The van der Waals surface area contributed by atoms with Gasteiger partial charge in [0.25, 0.3) is 0 Å². The first-order chi connectivity index (χ1) is 16.7. The number of alkyl halides is 3. The molecular weight excluding hydrogens is 505 g/mol. The van der Waals surface area contributed by atoms with Crippen LogP contribution in [0.5, 0.6) is 0 Å². The van der Waals surface area contributed by atoms with Crippen LogP contribution in [0.15, 0.2) is 30.3 Å². The van der Waals surface area contributed by atoms with Crippen LogP contribution in [0.25, 0.3) is 5.57 Å². The van der Waals surface area contributed by atoms with Crippen LogP contribution in [-0.2, 0) is 27.4 Å². The quantitative estimate of drug-likeness (QED) is 0.300. The van der Waals surface area contributed by atoms with E-state index in [0.29, 0.717) is 30.4 Å². The Morgan fingerprint density at radius 1 is 1.11 bits per heavy atom. The van der Waals surface area contributed by atoms with Crippen molar-refractivity contribution in [2.45, 2.75) is 58.7 Å². The lowest BCUT2D eigenvalue weighted by Crippen LogP contribution is -2.25. The van der Waals surface area contributed by atoms with E-state index >= 15 is 0 Å². The molecule has 1 amide bonds. The van der Waals surface area contributed by atoms with Crippen LogP contribution in [0.4, 0.5) is 27.6 Å². The molecular formula is C24H28F5N3O3S. The molecule has 2 N–H and O–H groups in total. The Labute approximate surface area is 207 Å². The van der Waals surface area contributed by atoms with Gasteiger partial charge >= 0.3 is 6.18 Å². The summed E-state index contributed by atoms with van der Waals surface area (Å²) in [6.07, 6.45) is -0.779. The lowest BCUT2D eigenvalue weighted by Gasteiger charge is -2.17. The zero-order chi connectivity index (χ0) is 27.3. The van der Waals surface area contributed by atoms with E-state index in [1.165, 1.54) is 19.1 Å². The van der Waals surface area contributed by atoms with Crippen molar-refractivity contribution in [1.29, 1.82) is 0 Å². The van der Waals surface area contributed by atoms with Crippen LogP contribution in [0.1, 0.15) is 68.6 Å². The minimum absolute atomic E-state index is 0.0470. The van der Waals surface area contributed by atoms with E-state index in [1.54, 1.807) is 11.6 Å². The summed E-state index contributed by atoms with van der Waals surface area (Å²) in [5, 5.41) is 2.58. The first-order valence-corrected chi connectivity index (χ1v) is 13.1. The van der Waals surface area contributed by atoms with E-state index in [2.05, 4.69) is 10.3 Å². The normalized spacial score (nSPS) is 13.4. The number of amides is 1. The van der Waals surface area contributed by atoms with Crippen molar-refractivity contribution in [3.8, 4) is 0 Å². The fraction of sp³-hybridized carbons (Fsp3) is 0.417. The first kappa shape index (κ1) is 29.2. The summed E-state index contributed by atoms with van der Waals surface area (Å²) in [7, 11) is -3.91. The fourth-order valence-electron chi connectivity index (χ4n) is 3.56. The van der Waals surface area contributed by atoms with Gasteiger partial charge in [-0.3, -0.25) is 9.52 Å². The lowest BCUT2D eigenvalue weighted by molar-refractivity contribution is -0.141. The number of aromatic nitrogens is 1. The monoisotopic (exact) mass is 533 g/mol. The standard InChI is InChI=1S/C24H28F5N3O3S/c1-5-7-15(17-9-10-21(24(27,28)29)31-20(17)8-6-2)13-22(33)30-14(3)16-11-18(25)23(19(26)12-16)32-36(4,34)35/h9-14,32H,5-8H2,1-4H3,(H,30,33)/t14-/m1/s1. The van der Waals surface area contributed by atoms with Crippen LogP contribution in [0.2, 0.25) is 0 Å². The molecule has 0 saturated heterocycles. The molecule has 0 unspecified atom stereocenters. The summed E-state index contributed by atoms with van der Waals surface area (Å²) in [6.45, 7) is 5.13. The second-order valence-corrected chi connectivity index (χ2v) is 10.1. The van der Waals surface area contributed by atoms with Gasteiger partial charge in [0.2, 0.25) is 15.9 Å². The van der Waals surface area contributed by atoms with Gasteiger partial charge in [-0.05, 0) is 54.7 Å². The number of hydrogen-bond acceptors (Lipinski definition) is 4. The number of aryl methyl sites for hydroxylation is 1. The van der Waals surface area contributed by atoms with Gasteiger partial charge in [-0.2, -0.15) is 13.2 Å². The summed E-state index contributed by atoms with van der Waals surface area (Å²) in [5.41, 5.74) is -0.652. The number of nitrogens with one attached hydrogen (secondary N) is 2. The number of carbonyl (C=O) groups excluding carboxylic acids is 1. The summed E-state index contributed by atoms with van der Waals surface area (Å²) in [4.78, 5) is 16.5. The minimum atomic E-state index is -4.60. The molecule has 0 aliphatic rings. The van der Waals surface area contributed by atoms with Gasteiger partial charge in [0.05, 0.1) is 12.3 Å². The number of rotatable bonds is 10. The Bertz CT molecular complexity index is 1220. The molecule has 2 rings (SSSR count). The van der Waals surface area contributed by atoms with Crippen LogP contribution in [-0.4, -0.2) is 25.6 Å². The third kappa shape index (κ3) is 8.00. The van der Waals surface area contributed by atoms with E-state index in [0.717, 1.165) is 24.5 Å². The van der Waals surface area contributed by atoms with Crippen molar-refractivity contribution in [2.75, 3.05) is 11.0 Å². The molecule has 0 aliphatic heterocycles. The van der Waals surface area contributed by atoms with Gasteiger partial charge in [0, 0.05) is 11.8 Å². The van der Waals surface area contributed by atoms with Crippen molar-refractivity contribution in [2.24, 2.45) is 0 Å². The molecule has 12 heteroatoms. The Balaban J connectivity index is 2.35. The van der Waals surface area contributed by atoms with E-state index < -0.39 is 51.2 Å². The van der Waals surface area contributed by atoms with E-state index in [-0.39, 0.29) is 17.7 Å². The summed E-state index contributed by atoms with van der Waals surface area (Å²) in [5.74, 6) is -2.93. The highest BCUT2D eigenvalue weighted by molar-refractivity contribution is 7.92. The van der Waals surface area contributed by atoms with Crippen molar-refractivity contribution in [3.05, 3.63) is 64.5 Å². The number of hydrogen-bond donors (Lipinski definition) is 2. The molecule has 0 bridgehead atoms. The molecule has 0 radical (unpaired) electrons. The molecule has 0 fully saturated rings. The first-order valence-electron chi connectivity index (χ1n) is 11.2. The average molecular weight is 534 g/mol. The number of halogens is 5. The van der Waals surface area contributed by atoms with Crippen molar-refractivity contribution < 1.29 is 35.2 Å². The molecule has 198 valence electrons. The minimum Gasteiger partial charge on any atom is -0.346 e. The third-order valence-corrected chi connectivity index (χ3v) is 5.71. The zero-order valence-corrected chi connectivity index (χ0v) is 21.1. The summed E-state index contributed by atoms with van der Waals surface area (Å²) < 4.78 is 92.4. The molecule has 0 spiro atoms. The van der Waals surface area contributed by atoms with Gasteiger partial charge in [-0.25, -0.2) is 22.2 Å². The molecule has 1 heterocycles. The number of pyridine rings is 1. The Kier molecular flexibility index (Phi) is 9.58. The Hall–Kier alpha value is -3.02. The van der Waals surface area contributed by atoms with E-state index in [1.807, 2.05) is 6.92 Å². The fourth-order valence-corrected chi connectivity index (χ4v) is 4.12. The van der Waals surface area contributed by atoms with Gasteiger partial charge < -0.3 is 5.32 Å². The maximum absolute atomic E-state index is 14.3. The number of sulfonamides is 1. The van der Waals surface area contributed by atoms with Crippen LogP contribution in [0.3, 0.4) is 0 Å². The van der Waals surface area contributed by atoms with Gasteiger partial charge in [-0.1, -0.05) is 32.8 Å². The average Bonchev–Trinajstić information content (AvgIpc) is 2.74. The SMILES string of the molecule is CCCC(=CC(=O)N[C@H](C)c1cc(F)c(NS(C)(=O)=O)c(F)c1)c1ccc(C(F)(F)F)nc1CCC. The lowest BCUT2D eigenvalue weighted by atomic mass is 9.96. The molecule has 0 aliphatic carbocycles. The highest BCUT2D eigenvalue weighted by Gasteiger charge is 2.33. The predicted molar refractivity (Wildman–Crippen MR) is 128 cm³/mol. The summed E-state index contributed by atoms with van der Waals surface area (Å²) in [6, 6.07) is 3.11. The number of carbonyl (C=O) groups is 1. The van der Waals surface area contributed by atoms with Gasteiger partial charge in [0.1, 0.15) is 11.4 Å². The predicted octanol–water partition coefficient (Wildman–Crippen LogP) is 5.76. The van der Waals surface area contributed by atoms with Crippen LogP contribution < -0.4 is 10.0 Å². The number of anilines is 1. The second-order valence-electron chi connectivity index (χ2n) is 8.32. The highest BCUT2D eigenvalue weighted by atomic mass is 32.2. The van der Waals surface area contributed by atoms with Crippen LogP contribution >= 0.6 is 0 Å². The van der Waals surface area contributed by atoms with Crippen molar-refractivity contribution in [3.63, 3.8) is 0 Å². The molecule has 1 aromatic heterocycles. The van der Waals surface area contributed by atoms with Gasteiger partial charge in [-0.15, -0.1) is 0 Å². The van der Waals surface area contributed by atoms with E-state index in [4.69, 9.17) is 0 Å².